The molecule has 17 heavy (non-hydrogen) atoms. The minimum Gasteiger partial charge on any atom is -0.480 e. The Morgan fingerprint density at radius 1 is 1.35 bits per heavy atom. The maximum Gasteiger partial charge on any atom is 0.159 e. The SMILES string of the molecule is Cl.Clc1cc(Cl)c2c(c1)CC(C1=NCCN1)O2. The second kappa shape index (κ2) is 4.92. The van der Waals surface area contributed by atoms with Gasteiger partial charge in [0.05, 0.1) is 11.6 Å². The van der Waals surface area contributed by atoms with Gasteiger partial charge in [0.1, 0.15) is 11.6 Å². The molecular formula is C11H11Cl3N2O. The number of nitrogens with one attached hydrogen (secondary N) is 1. The number of ether oxygens (including phenoxy) is 1. The molecule has 1 atom stereocenters. The minimum atomic E-state index is -0.0338. The van der Waals surface area contributed by atoms with Gasteiger partial charge >= 0.3 is 0 Å². The van der Waals surface area contributed by atoms with Crippen molar-refractivity contribution in [1.82, 2.24) is 5.32 Å². The number of amidine groups is 1. The molecule has 3 nitrogen and oxygen atoms in total. The van der Waals surface area contributed by atoms with Gasteiger partial charge in [0, 0.05) is 23.6 Å². The zero-order chi connectivity index (χ0) is 11.1. The van der Waals surface area contributed by atoms with Gasteiger partial charge in [-0.1, -0.05) is 23.2 Å². The fourth-order valence-corrected chi connectivity index (χ4v) is 2.65. The van der Waals surface area contributed by atoms with Gasteiger partial charge in [-0.25, -0.2) is 0 Å². The summed E-state index contributed by atoms with van der Waals surface area (Å²) < 4.78 is 5.79. The Morgan fingerprint density at radius 2 is 2.18 bits per heavy atom. The predicted octanol–water partition coefficient (Wildman–Crippen LogP) is 2.72. The van der Waals surface area contributed by atoms with Crippen molar-refractivity contribution in [2.45, 2.75) is 12.5 Å². The molecule has 0 fully saturated rings. The van der Waals surface area contributed by atoms with Crippen LogP contribution in [0.15, 0.2) is 17.1 Å². The summed E-state index contributed by atoms with van der Waals surface area (Å²) in [6, 6.07) is 3.60. The van der Waals surface area contributed by atoms with Gasteiger partial charge < -0.3 is 10.1 Å². The lowest BCUT2D eigenvalue weighted by Gasteiger charge is -2.11. The highest BCUT2D eigenvalue weighted by Crippen LogP contribution is 2.38. The first-order chi connectivity index (χ1) is 7.74. The first-order valence-electron chi connectivity index (χ1n) is 5.17. The van der Waals surface area contributed by atoms with E-state index in [-0.39, 0.29) is 18.5 Å². The van der Waals surface area contributed by atoms with Crippen LogP contribution in [0.2, 0.25) is 10.0 Å². The van der Waals surface area contributed by atoms with Crippen LogP contribution in [0.25, 0.3) is 0 Å². The Morgan fingerprint density at radius 3 is 2.88 bits per heavy atom. The molecular weight excluding hydrogens is 282 g/mol. The molecule has 2 heterocycles. The van der Waals surface area contributed by atoms with Crippen molar-refractivity contribution in [3.05, 3.63) is 27.7 Å². The van der Waals surface area contributed by atoms with E-state index in [0.717, 1.165) is 36.7 Å². The fraction of sp³-hybridized carbons (Fsp3) is 0.364. The van der Waals surface area contributed by atoms with Crippen LogP contribution in [0.5, 0.6) is 5.75 Å². The molecule has 2 aliphatic rings. The van der Waals surface area contributed by atoms with E-state index >= 15 is 0 Å². The van der Waals surface area contributed by atoms with Gasteiger partial charge in [-0.3, -0.25) is 4.99 Å². The summed E-state index contributed by atoms with van der Waals surface area (Å²) in [5.74, 6) is 1.66. The lowest BCUT2D eigenvalue weighted by Crippen LogP contribution is -2.34. The standard InChI is InChI=1S/C11H10Cl2N2O.ClH/c12-7-3-6-4-9(11-14-1-2-15-11)16-10(6)8(13)5-7;/h3,5,9H,1-2,4H2,(H,14,15);1H. The summed E-state index contributed by atoms with van der Waals surface area (Å²) in [6.07, 6.45) is 0.745. The quantitative estimate of drug-likeness (QED) is 0.864. The van der Waals surface area contributed by atoms with Crippen molar-refractivity contribution in [2.75, 3.05) is 13.1 Å². The summed E-state index contributed by atoms with van der Waals surface area (Å²) in [5.41, 5.74) is 1.05. The van der Waals surface area contributed by atoms with E-state index in [1.54, 1.807) is 6.07 Å². The first kappa shape index (κ1) is 12.8. The van der Waals surface area contributed by atoms with Crippen molar-refractivity contribution in [2.24, 2.45) is 4.99 Å². The van der Waals surface area contributed by atoms with E-state index in [9.17, 15) is 0 Å². The number of fused-ring (bicyclic) bond motifs is 1. The van der Waals surface area contributed by atoms with E-state index in [0.29, 0.717) is 10.0 Å². The van der Waals surface area contributed by atoms with Gasteiger partial charge in [0.2, 0.25) is 0 Å². The summed E-state index contributed by atoms with van der Waals surface area (Å²) in [5, 5.41) is 4.44. The molecule has 0 spiro atoms. The summed E-state index contributed by atoms with van der Waals surface area (Å²) >= 11 is 12.0. The van der Waals surface area contributed by atoms with Crippen LogP contribution in [0.3, 0.4) is 0 Å². The normalized spacial score (nSPS) is 21.1. The highest BCUT2D eigenvalue weighted by Gasteiger charge is 2.30. The molecule has 0 aliphatic carbocycles. The molecule has 0 radical (unpaired) electrons. The molecule has 1 unspecified atom stereocenters. The molecule has 3 rings (SSSR count). The lowest BCUT2D eigenvalue weighted by molar-refractivity contribution is 0.298. The molecule has 0 saturated carbocycles. The van der Waals surface area contributed by atoms with Crippen LogP contribution >= 0.6 is 35.6 Å². The van der Waals surface area contributed by atoms with Gasteiger partial charge in [-0.15, -0.1) is 12.4 Å². The summed E-state index contributed by atoms with van der Waals surface area (Å²) in [7, 11) is 0. The van der Waals surface area contributed by atoms with E-state index in [2.05, 4.69) is 10.3 Å². The van der Waals surface area contributed by atoms with Crippen LogP contribution < -0.4 is 10.1 Å². The van der Waals surface area contributed by atoms with Gasteiger partial charge in [0.15, 0.2) is 6.10 Å². The average Bonchev–Trinajstić information content (AvgIpc) is 2.82. The van der Waals surface area contributed by atoms with Gasteiger partial charge in [-0.2, -0.15) is 0 Å². The van der Waals surface area contributed by atoms with Gasteiger partial charge in [0.25, 0.3) is 0 Å². The molecule has 1 aromatic rings. The van der Waals surface area contributed by atoms with Crippen molar-refractivity contribution >= 4 is 41.4 Å². The Balaban J connectivity index is 0.00000108. The second-order valence-corrected chi connectivity index (χ2v) is 4.72. The maximum absolute atomic E-state index is 6.08. The third-order valence-corrected chi connectivity index (χ3v) is 3.25. The number of rotatable bonds is 1. The molecule has 0 saturated heterocycles. The van der Waals surface area contributed by atoms with Crippen LogP contribution in [0, 0.1) is 0 Å². The fourth-order valence-electron chi connectivity index (χ4n) is 2.07. The number of nitrogens with zero attached hydrogens (tertiary/aromatic N) is 1. The Hall–Kier alpha value is -0.640. The largest absolute Gasteiger partial charge is 0.480 e. The third kappa shape index (κ3) is 2.32. The molecule has 0 aromatic heterocycles. The number of aliphatic imine (C=N–C) groups is 1. The number of hydrogen-bond acceptors (Lipinski definition) is 3. The Labute approximate surface area is 116 Å². The van der Waals surface area contributed by atoms with Gasteiger partial charge in [-0.05, 0) is 12.1 Å². The van der Waals surface area contributed by atoms with Crippen LogP contribution in [0.4, 0.5) is 0 Å². The van der Waals surface area contributed by atoms with Crippen LogP contribution in [-0.2, 0) is 6.42 Å². The molecule has 1 N–H and O–H groups in total. The highest BCUT2D eigenvalue weighted by atomic mass is 35.5. The Bertz CT molecular complexity index is 476. The molecule has 0 bridgehead atoms. The topological polar surface area (TPSA) is 33.6 Å². The van der Waals surface area contributed by atoms with Crippen molar-refractivity contribution < 1.29 is 4.74 Å². The zero-order valence-electron chi connectivity index (χ0n) is 8.87. The van der Waals surface area contributed by atoms with Crippen LogP contribution in [0.1, 0.15) is 5.56 Å². The van der Waals surface area contributed by atoms with E-state index in [1.807, 2.05) is 6.07 Å². The van der Waals surface area contributed by atoms with Crippen molar-refractivity contribution in [3.8, 4) is 5.75 Å². The van der Waals surface area contributed by atoms with Crippen molar-refractivity contribution in [3.63, 3.8) is 0 Å². The first-order valence-corrected chi connectivity index (χ1v) is 5.92. The van der Waals surface area contributed by atoms with Crippen molar-refractivity contribution in [1.29, 1.82) is 0 Å². The molecule has 0 amide bonds. The minimum absolute atomic E-state index is 0. The number of benzene rings is 1. The molecule has 92 valence electrons. The second-order valence-electron chi connectivity index (χ2n) is 3.88. The van der Waals surface area contributed by atoms with E-state index in [1.165, 1.54) is 0 Å². The molecule has 6 heteroatoms. The highest BCUT2D eigenvalue weighted by molar-refractivity contribution is 6.35. The molecule has 1 aromatic carbocycles. The smallest absolute Gasteiger partial charge is 0.159 e. The number of halogens is 3. The monoisotopic (exact) mass is 292 g/mol. The Kier molecular flexibility index (Phi) is 3.71. The lowest BCUT2D eigenvalue weighted by atomic mass is 10.1. The summed E-state index contributed by atoms with van der Waals surface area (Å²) in [4.78, 5) is 4.36. The summed E-state index contributed by atoms with van der Waals surface area (Å²) in [6.45, 7) is 1.71. The van der Waals surface area contributed by atoms with Crippen LogP contribution in [-0.4, -0.2) is 25.0 Å². The number of hydrogen-bond donors (Lipinski definition) is 1. The molecule has 2 aliphatic heterocycles. The third-order valence-electron chi connectivity index (χ3n) is 2.76. The van der Waals surface area contributed by atoms with E-state index in [4.69, 9.17) is 27.9 Å². The predicted molar refractivity (Wildman–Crippen MR) is 72.1 cm³/mol. The van der Waals surface area contributed by atoms with E-state index < -0.39 is 0 Å². The average molecular weight is 294 g/mol. The maximum atomic E-state index is 6.08. The zero-order valence-corrected chi connectivity index (χ0v) is 11.2.